The maximum Gasteiger partial charge on any atom is -0.0199 e. The van der Waals surface area contributed by atoms with E-state index in [-0.39, 0.29) is 0 Å². The van der Waals surface area contributed by atoms with Crippen molar-refractivity contribution in [1.82, 2.24) is 0 Å². The first kappa shape index (κ1) is 11.2. The Kier molecular flexibility index (Phi) is 5.44. The lowest BCUT2D eigenvalue weighted by atomic mass is 9.99. The molecular weight excluding hydrogens is 144 g/mol. The Morgan fingerprint density at radius 2 is 1.83 bits per heavy atom. The zero-order valence-corrected chi connectivity index (χ0v) is 8.56. The molecule has 0 bridgehead atoms. The second-order valence-corrected chi connectivity index (χ2v) is 3.23. The molecule has 0 heteroatoms. The highest BCUT2D eigenvalue weighted by Crippen LogP contribution is 2.14. The van der Waals surface area contributed by atoms with Crippen molar-refractivity contribution >= 4 is 0 Å². The molecule has 0 heterocycles. The van der Waals surface area contributed by atoms with Gasteiger partial charge in [0.2, 0.25) is 0 Å². The molecule has 0 aliphatic carbocycles. The van der Waals surface area contributed by atoms with E-state index in [0.717, 1.165) is 12.8 Å². The molecule has 68 valence electrons. The van der Waals surface area contributed by atoms with Gasteiger partial charge in [-0.25, -0.2) is 0 Å². The summed E-state index contributed by atoms with van der Waals surface area (Å²) in [7, 11) is 0. The lowest BCUT2D eigenvalue weighted by Gasteiger charge is -2.07. The SMILES string of the molecule is C=C(/C=C\C(=C)C(C)CC)CC. The molecule has 0 amide bonds. The summed E-state index contributed by atoms with van der Waals surface area (Å²) in [4.78, 5) is 0. The molecule has 0 nitrogen and oxygen atoms in total. The molecule has 0 fully saturated rings. The van der Waals surface area contributed by atoms with Gasteiger partial charge in [-0.3, -0.25) is 0 Å². The summed E-state index contributed by atoms with van der Waals surface area (Å²) in [6.07, 6.45) is 6.32. The van der Waals surface area contributed by atoms with Gasteiger partial charge < -0.3 is 0 Å². The van der Waals surface area contributed by atoms with Gasteiger partial charge in [-0.05, 0) is 18.8 Å². The zero-order chi connectivity index (χ0) is 9.56. The summed E-state index contributed by atoms with van der Waals surface area (Å²) < 4.78 is 0. The van der Waals surface area contributed by atoms with Gasteiger partial charge in [0.1, 0.15) is 0 Å². The molecule has 0 N–H and O–H groups in total. The molecule has 12 heavy (non-hydrogen) atoms. The van der Waals surface area contributed by atoms with Gasteiger partial charge in [0.05, 0.1) is 0 Å². The summed E-state index contributed by atoms with van der Waals surface area (Å²) >= 11 is 0. The first-order chi connectivity index (χ1) is 5.61. The average molecular weight is 164 g/mol. The van der Waals surface area contributed by atoms with Gasteiger partial charge in [0.15, 0.2) is 0 Å². The molecule has 0 aromatic carbocycles. The Bertz CT molecular complexity index is 184. The van der Waals surface area contributed by atoms with Crippen molar-refractivity contribution in [3.63, 3.8) is 0 Å². The van der Waals surface area contributed by atoms with Crippen LogP contribution in [0.2, 0.25) is 0 Å². The van der Waals surface area contributed by atoms with Crippen LogP contribution in [0.3, 0.4) is 0 Å². The average Bonchev–Trinajstić information content (AvgIpc) is 2.11. The molecular formula is C12H20. The first-order valence-electron chi connectivity index (χ1n) is 4.66. The Morgan fingerprint density at radius 1 is 1.25 bits per heavy atom. The standard InChI is InChI=1S/C12H20/c1-6-10(3)8-9-12(5)11(4)7-2/h8-9,11H,3,5-7H2,1-2,4H3/b9-8-. The highest BCUT2D eigenvalue weighted by Gasteiger charge is 1.98. The van der Waals surface area contributed by atoms with Crippen LogP contribution < -0.4 is 0 Å². The Balaban J connectivity index is 3.99. The minimum Gasteiger partial charge on any atom is -0.0958 e. The zero-order valence-electron chi connectivity index (χ0n) is 8.56. The lowest BCUT2D eigenvalue weighted by Crippen LogP contribution is -1.92. The summed E-state index contributed by atoms with van der Waals surface area (Å²) in [5, 5.41) is 0. The van der Waals surface area contributed by atoms with Crippen LogP contribution in [-0.4, -0.2) is 0 Å². The molecule has 0 radical (unpaired) electrons. The second-order valence-electron chi connectivity index (χ2n) is 3.23. The van der Waals surface area contributed by atoms with Crippen LogP contribution in [0.4, 0.5) is 0 Å². The number of allylic oxidation sites excluding steroid dienone is 4. The third-order valence-electron chi connectivity index (χ3n) is 2.23. The van der Waals surface area contributed by atoms with Crippen molar-refractivity contribution in [1.29, 1.82) is 0 Å². The van der Waals surface area contributed by atoms with Crippen molar-refractivity contribution in [3.8, 4) is 0 Å². The quantitative estimate of drug-likeness (QED) is 0.536. The third-order valence-corrected chi connectivity index (χ3v) is 2.23. The van der Waals surface area contributed by atoms with Crippen molar-refractivity contribution in [2.75, 3.05) is 0 Å². The fraction of sp³-hybridized carbons (Fsp3) is 0.500. The van der Waals surface area contributed by atoms with Crippen LogP contribution in [0.1, 0.15) is 33.6 Å². The normalized spacial score (nSPS) is 13.2. The smallest absolute Gasteiger partial charge is 0.0199 e. The number of hydrogen-bond acceptors (Lipinski definition) is 0. The Hall–Kier alpha value is -0.780. The number of hydrogen-bond donors (Lipinski definition) is 0. The fourth-order valence-electron chi connectivity index (χ4n) is 0.769. The Labute approximate surface area is 76.7 Å². The molecule has 0 aromatic heterocycles. The predicted octanol–water partition coefficient (Wildman–Crippen LogP) is 4.11. The largest absolute Gasteiger partial charge is 0.0958 e. The summed E-state index contributed by atoms with van der Waals surface area (Å²) in [5.41, 5.74) is 2.37. The maximum absolute atomic E-state index is 4.00. The van der Waals surface area contributed by atoms with E-state index in [1.165, 1.54) is 11.1 Å². The molecule has 0 aromatic rings. The van der Waals surface area contributed by atoms with Crippen LogP contribution in [0.5, 0.6) is 0 Å². The minimum absolute atomic E-state index is 0.589. The molecule has 0 saturated carbocycles. The van der Waals surface area contributed by atoms with Gasteiger partial charge in [0.25, 0.3) is 0 Å². The summed E-state index contributed by atoms with van der Waals surface area (Å²) in [5.74, 6) is 0.589. The second kappa shape index (κ2) is 5.82. The fourth-order valence-corrected chi connectivity index (χ4v) is 0.769. The van der Waals surface area contributed by atoms with E-state index in [9.17, 15) is 0 Å². The van der Waals surface area contributed by atoms with E-state index >= 15 is 0 Å². The van der Waals surface area contributed by atoms with Crippen LogP contribution in [0.15, 0.2) is 36.5 Å². The van der Waals surface area contributed by atoms with Gasteiger partial charge >= 0.3 is 0 Å². The minimum atomic E-state index is 0.589. The first-order valence-corrected chi connectivity index (χ1v) is 4.66. The van der Waals surface area contributed by atoms with Crippen molar-refractivity contribution in [3.05, 3.63) is 36.5 Å². The van der Waals surface area contributed by atoms with Gasteiger partial charge in [-0.15, -0.1) is 0 Å². The highest BCUT2D eigenvalue weighted by atomic mass is 14.0. The van der Waals surface area contributed by atoms with E-state index in [4.69, 9.17) is 0 Å². The van der Waals surface area contributed by atoms with E-state index in [0.29, 0.717) is 5.92 Å². The van der Waals surface area contributed by atoms with E-state index in [1.807, 2.05) is 0 Å². The van der Waals surface area contributed by atoms with Crippen LogP contribution in [0.25, 0.3) is 0 Å². The lowest BCUT2D eigenvalue weighted by molar-refractivity contribution is 0.672. The van der Waals surface area contributed by atoms with Crippen LogP contribution >= 0.6 is 0 Å². The molecule has 1 unspecified atom stereocenters. The van der Waals surface area contributed by atoms with Gasteiger partial charge in [-0.1, -0.05) is 57.2 Å². The molecule has 0 rings (SSSR count). The topological polar surface area (TPSA) is 0 Å². The van der Waals surface area contributed by atoms with Gasteiger partial charge in [-0.2, -0.15) is 0 Å². The Morgan fingerprint density at radius 3 is 2.25 bits per heavy atom. The summed E-state index contributed by atoms with van der Waals surface area (Å²) in [6, 6.07) is 0. The van der Waals surface area contributed by atoms with Crippen molar-refractivity contribution in [2.45, 2.75) is 33.6 Å². The highest BCUT2D eigenvalue weighted by molar-refractivity contribution is 5.25. The summed E-state index contributed by atoms with van der Waals surface area (Å²) in [6.45, 7) is 14.4. The van der Waals surface area contributed by atoms with Gasteiger partial charge in [0, 0.05) is 0 Å². The van der Waals surface area contributed by atoms with Crippen molar-refractivity contribution in [2.24, 2.45) is 5.92 Å². The van der Waals surface area contributed by atoms with E-state index in [1.54, 1.807) is 0 Å². The van der Waals surface area contributed by atoms with Crippen LogP contribution in [-0.2, 0) is 0 Å². The van der Waals surface area contributed by atoms with Crippen LogP contribution in [0, 0.1) is 5.92 Å². The van der Waals surface area contributed by atoms with Crippen molar-refractivity contribution < 1.29 is 0 Å². The molecule has 0 aliphatic heterocycles. The molecule has 1 atom stereocenters. The molecule has 0 aliphatic rings. The molecule has 0 saturated heterocycles. The number of rotatable bonds is 5. The molecule has 0 spiro atoms. The maximum atomic E-state index is 4.00. The monoisotopic (exact) mass is 164 g/mol. The third kappa shape index (κ3) is 4.17. The van der Waals surface area contributed by atoms with E-state index < -0.39 is 0 Å². The predicted molar refractivity (Wildman–Crippen MR) is 57.2 cm³/mol. The van der Waals surface area contributed by atoms with E-state index in [2.05, 4.69) is 46.1 Å².